The van der Waals surface area contributed by atoms with Gasteiger partial charge < -0.3 is 15.1 Å². The standard InChI is InChI=1S/C23H24ClN11O/c1-13-7-19(27-20-8-14(2)29-31-20)28-23(26-13)33-11-16-3-4-17(12-33)35(16)22(36)18-5-6-21(32-30-18)34-10-15(24)9-25-34/h5-10,16-17H,3-4,11-12H2,1-2H3,(H2,26,27,28,29,31). The molecule has 2 aliphatic heterocycles. The number of hydrogen-bond acceptors (Lipinski definition) is 9. The number of aromatic amines is 1. The van der Waals surface area contributed by atoms with Gasteiger partial charge in [0.05, 0.1) is 29.5 Å². The molecule has 2 bridgehead atoms. The molecule has 1 amide bonds. The second kappa shape index (κ2) is 8.86. The van der Waals surface area contributed by atoms with Gasteiger partial charge in [0, 0.05) is 36.6 Å². The Hall–Kier alpha value is -4.06. The van der Waals surface area contributed by atoms with Crippen molar-refractivity contribution in [2.24, 2.45) is 0 Å². The number of halogens is 1. The van der Waals surface area contributed by atoms with Crippen LogP contribution in [0.3, 0.4) is 0 Å². The Kier molecular flexibility index (Phi) is 5.52. The zero-order chi connectivity index (χ0) is 24.8. The van der Waals surface area contributed by atoms with Gasteiger partial charge in [-0.2, -0.15) is 15.2 Å². The number of aryl methyl sites for hydroxylation is 2. The van der Waals surface area contributed by atoms with Crippen molar-refractivity contribution in [1.82, 2.24) is 45.0 Å². The lowest BCUT2D eigenvalue weighted by Crippen LogP contribution is -2.56. The molecule has 0 spiro atoms. The lowest BCUT2D eigenvalue weighted by molar-refractivity contribution is 0.0633. The molecule has 6 heterocycles. The van der Waals surface area contributed by atoms with Crippen molar-refractivity contribution in [2.45, 2.75) is 38.8 Å². The summed E-state index contributed by atoms with van der Waals surface area (Å²) >= 11 is 5.93. The second-order valence-electron chi connectivity index (χ2n) is 9.14. The molecule has 2 saturated heterocycles. The molecule has 2 atom stereocenters. The molecule has 2 fully saturated rings. The van der Waals surface area contributed by atoms with Crippen LogP contribution in [0.4, 0.5) is 17.6 Å². The number of fused-ring (bicyclic) bond motifs is 2. The number of nitrogens with zero attached hydrogens (tertiary/aromatic N) is 9. The second-order valence-corrected chi connectivity index (χ2v) is 9.57. The lowest BCUT2D eigenvalue weighted by Gasteiger charge is -2.41. The van der Waals surface area contributed by atoms with E-state index in [1.807, 2.05) is 30.9 Å². The Morgan fingerprint density at radius 1 is 1.08 bits per heavy atom. The van der Waals surface area contributed by atoms with Crippen molar-refractivity contribution in [3.05, 3.63) is 58.8 Å². The smallest absolute Gasteiger partial charge is 0.274 e. The maximum absolute atomic E-state index is 13.4. The number of aromatic nitrogens is 8. The number of carbonyl (C=O) groups excluding carboxylic acids is 1. The molecule has 4 aromatic rings. The Morgan fingerprint density at radius 2 is 1.89 bits per heavy atom. The highest BCUT2D eigenvalue weighted by Crippen LogP contribution is 2.33. The predicted molar refractivity (Wildman–Crippen MR) is 133 cm³/mol. The third-order valence-corrected chi connectivity index (χ3v) is 6.65. The molecule has 2 N–H and O–H groups in total. The van der Waals surface area contributed by atoms with Gasteiger partial charge in [-0.1, -0.05) is 11.6 Å². The third-order valence-electron chi connectivity index (χ3n) is 6.46. The SMILES string of the molecule is Cc1cc(Nc2cc(C)[nH]n2)nc(N2CC3CCC(C2)N3C(=O)c2ccc(-n3cc(Cl)cn3)nn2)n1. The summed E-state index contributed by atoms with van der Waals surface area (Å²) in [6.45, 7) is 5.20. The van der Waals surface area contributed by atoms with Gasteiger partial charge in [0.1, 0.15) is 5.82 Å². The van der Waals surface area contributed by atoms with E-state index in [-0.39, 0.29) is 18.0 Å². The zero-order valence-corrected chi connectivity index (χ0v) is 20.5. The van der Waals surface area contributed by atoms with Crippen molar-refractivity contribution in [1.29, 1.82) is 0 Å². The molecule has 6 rings (SSSR count). The van der Waals surface area contributed by atoms with Crippen LogP contribution in [0.2, 0.25) is 5.02 Å². The van der Waals surface area contributed by atoms with Gasteiger partial charge in [-0.05, 0) is 38.8 Å². The number of carbonyl (C=O) groups is 1. The van der Waals surface area contributed by atoms with E-state index < -0.39 is 0 Å². The number of rotatable bonds is 5. The molecule has 2 aliphatic rings. The molecule has 36 heavy (non-hydrogen) atoms. The minimum atomic E-state index is -0.110. The summed E-state index contributed by atoms with van der Waals surface area (Å²) in [6.07, 6.45) is 5.01. The molecule has 0 saturated carbocycles. The molecule has 13 heteroatoms. The maximum atomic E-state index is 13.4. The van der Waals surface area contributed by atoms with Gasteiger partial charge in [-0.25, -0.2) is 9.67 Å². The third kappa shape index (κ3) is 4.24. The fourth-order valence-electron chi connectivity index (χ4n) is 4.89. The molecule has 4 aromatic heterocycles. The van der Waals surface area contributed by atoms with Gasteiger partial charge in [0.15, 0.2) is 17.3 Å². The molecular formula is C23H24ClN11O. The van der Waals surface area contributed by atoms with Crippen molar-refractivity contribution in [3.63, 3.8) is 0 Å². The fraction of sp³-hybridized carbons (Fsp3) is 0.348. The van der Waals surface area contributed by atoms with E-state index in [4.69, 9.17) is 16.6 Å². The topological polar surface area (TPSA) is 134 Å². The molecule has 12 nitrogen and oxygen atoms in total. The van der Waals surface area contributed by atoms with Crippen LogP contribution in [0.15, 0.2) is 36.7 Å². The van der Waals surface area contributed by atoms with Crippen LogP contribution in [-0.4, -0.2) is 76.1 Å². The quantitative estimate of drug-likeness (QED) is 0.419. The number of piperazine rings is 1. The van der Waals surface area contributed by atoms with Crippen molar-refractivity contribution in [2.75, 3.05) is 23.3 Å². The Balaban J connectivity index is 1.18. The first-order valence-electron chi connectivity index (χ1n) is 11.7. The van der Waals surface area contributed by atoms with E-state index in [1.165, 1.54) is 10.9 Å². The molecule has 2 unspecified atom stereocenters. The highest BCUT2D eigenvalue weighted by molar-refractivity contribution is 6.30. The summed E-state index contributed by atoms with van der Waals surface area (Å²) in [7, 11) is 0. The van der Waals surface area contributed by atoms with E-state index in [0.717, 1.165) is 24.2 Å². The average molecular weight is 506 g/mol. The zero-order valence-electron chi connectivity index (χ0n) is 19.8. The van der Waals surface area contributed by atoms with E-state index in [1.54, 1.807) is 18.3 Å². The summed E-state index contributed by atoms with van der Waals surface area (Å²) < 4.78 is 1.52. The minimum Gasteiger partial charge on any atom is -0.337 e. The largest absolute Gasteiger partial charge is 0.337 e. The monoisotopic (exact) mass is 505 g/mol. The van der Waals surface area contributed by atoms with E-state index in [9.17, 15) is 4.79 Å². The van der Waals surface area contributed by atoms with Gasteiger partial charge in [-0.15, -0.1) is 10.2 Å². The summed E-state index contributed by atoms with van der Waals surface area (Å²) in [4.78, 5) is 26.9. The molecule has 0 radical (unpaired) electrons. The summed E-state index contributed by atoms with van der Waals surface area (Å²) in [5.41, 5.74) is 2.13. The Bertz CT molecular complexity index is 1400. The van der Waals surface area contributed by atoms with Crippen LogP contribution in [0.25, 0.3) is 5.82 Å². The normalized spacial score (nSPS) is 19.1. The van der Waals surface area contributed by atoms with Crippen molar-refractivity contribution >= 4 is 35.1 Å². The first kappa shape index (κ1) is 22.4. The molecular weight excluding hydrogens is 482 g/mol. The number of nitrogens with one attached hydrogen (secondary N) is 2. The van der Waals surface area contributed by atoms with E-state index >= 15 is 0 Å². The predicted octanol–water partition coefficient (Wildman–Crippen LogP) is 2.68. The molecule has 0 aliphatic carbocycles. The molecule has 0 aromatic carbocycles. The number of amides is 1. The van der Waals surface area contributed by atoms with E-state index in [2.05, 4.69) is 40.7 Å². The van der Waals surface area contributed by atoms with Crippen LogP contribution < -0.4 is 10.2 Å². The highest BCUT2D eigenvalue weighted by atomic mass is 35.5. The number of H-pyrrole nitrogens is 1. The number of hydrogen-bond donors (Lipinski definition) is 2. The fourth-order valence-corrected chi connectivity index (χ4v) is 5.03. The summed E-state index contributed by atoms with van der Waals surface area (Å²) in [5, 5.41) is 23.3. The van der Waals surface area contributed by atoms with Crippen LogP contribution in [0.1, 0.15) is 34.7 Å². The first-order chi connectivity index (χ1) is 17.4. The van der Waals surface area contributed by atoms with Gasteiger partial charge >= 0.3 is 0 Å². The van der Waals surface area contributed by atoms with Crippen LogP contribution in [-0.2, 0) is 0 Å². The van der Waals surface area contributed by atoms with Crippen LogP contribution in [0, 0.1) is 13.8 Å². The summed E-state index contributed by atoms with van der Waals surface area (Å²) in [6, 6.07) is 7.32. The first-order valence-corrected chi connectivity index (χ1v) is 12.1. The Morgan fingerprint density at radius 3 is 2.53 bits per heavy atom. The van der Waals surface area contributed by atoms with E-state index in [0.29, 0.717) is 47.2 Å². The lowest BCUT2D eigenvalue weighted by atomic mass is 10.1. The maximum Gasteiger partial charge on any atom is 0.274 e. The molecule has 184 valence electrons. The average Bonchev–Trinajstić information content (AvgIpc) is 3.55. The van der Waals surface area contributed by atoms with Crippen molar-refractivity contribution in [3.8, 4) is 5.82 Å². The van der Waals surface area contributed by atoms with Gasteiger partial charge in [0.25, 0.3) is 5.91 Å². The van der Waals surface area contributed by atoms with Gasteiger partial charge in [-0.3, -0.25) is 9.89 Å². The number of anilines is 3. The minimum absolute atomic E-state index is 0.0529. The van der Waals surface area contributed by atoms with Crippen LogP contribution >= 0.6 is 11.6 Å². The van der Waals surface area contributed by atoms with Crippen molar-refractivity contribution < 1.29 is 4.79 Å². The van der Waals surface area contributed by atoms with Crippen LogP contribution in [0.5, 0.6) is 0 Å². The Labute approximate surface area is 211 Å². The van der Waals surface area contributed by atoms with Gasteiger partial charge in [0.2, 0.25) is 5.95 Å². The highest BCUT2D eigenvalue weighted by Gasteiger charge is 2.44. The summed E-state index contributed by atoms with van der Waals surface area (Å²) in [5.74, 6) is 2.42.